The highest BCUT2D eigenvalue weighted by Gasteiger charge is 2.27. The summed E-state index contributed by atoms with van der Waals surface area (Å²) in [4.78, 5) is 37.8. The van der Waals surface area contributed by atoms with Crippen LogP contribution in [0.2, 0.25) is 0 Å². The summed E-state index contributed by atoms with van der Waals surface area (Å²) in [6, 6.07) is 19.2. The molecule has 0 spiro atoms. The standard InChI is InChI=1S/C15H21NO3.C14H17NO3/c1-12(17)14-8-5-9-16(10-14)15(18)19-11-13-6-3-2-4-7-13;16-10-13-7-4-8-15(9-13)14(17)18-11-12-5-2-1-3-6-12/h2-4,6-7,12,14,17H,5,8-11H2,1H3;1-3,5-6,10,13H,4,7-9,11H2/t12-,14-;13-/m11/s1. The molecule has 2 saturated heterocycles. The van der Waals surface area contributed by atoms with Gasteiger partial charge in [0.25, 0.3) is 0 Å². The molecule has 200 valence electrons. The monoisotopic (exact) mass is 510 g/mol. The normalized spacial score (nSPS) is 20.2. The summed E-state index contributed by atoms with van der Waals surface area (Å²) in [6.07, 6.45) is 3.58. The van der Waals surface area contributed by atoms with Crippen molar-refractivity contribution in [2.24, 2.45) is 11.8 Å². The first-order valence-electron chi connectivity index (χ1n) is 13.0. The average Bonchev–Trinajstić information content (AvgIpc) is 2.96. The number of aliphatic hydroxyl groups excluding tert-OH is 1. The van der Waals surface area contributed by atoms with Crippen LogP contribution < -0.4 is 0 Å². The lowest BCUT2D eigenvalue weighted by atomic mass is 9.94. The van der Waals surface area contributed by atoms with E-state index in [0.29, 0.717) is 26.2 Å². The number of benzene rings is 2. The lowest BCUT2D eigenvalue weighted by molar-refractivity contribution is -0.112. The second kappa shape index (κ2) is 15.0. The molecule has 2 aromatic rings. The predicted molar refractivity (Wildman–Crippen MR) is 140 cm³/mol. The second-order valence-electron chi connectivity index (χ2n) is 9.65. The molecule has 1 N–H and O–H groups in total. The van der Waals surface area contributed by atoms with Gasteiger partial charge in [0.1, 0.15) is 19.5 Å². The molecule has 0 aliphatic carbocycles. The van der Waals surface area contributed by atoms with Gasteiger partial charge in [-0.2, -0.15) is 0 Å². The zero-order chi connectivity index (χ0) is 26.5. The first kappa shape index (κ1) is 28.2. The molecule has 2 amide bonds. The maximum Gasteiger partial charge on any atom is 0.410 e. The van der Waals surface area contributed by atoms with Crippen LogP contribution in [0.1, 0.15) is 43.7 Å². The van der Waals surface area contributed by atoms with E-state index in [1.165, 1.54) is 0 Å². The number of aldehydes is 1. The van der Waals surface area contributed by atoms with Crippen molar-refractivity contribution in [1.82, 2.24) is 9.80 Å². The Morgan fingerprint density at radius 2 is 1.35 bits per heavy atom. The van der Waals surface area contributed by atoms with Gasteiger partial charge in [0.2, 0.25) is 0 Å². The number of likely N-dealkylation sites (tertiary alicyclic amines) is 2. The van der Waals surface area contributed by atoms with Crippen molar-refractivity contribution in [3.8, 4) is 0 Å². The molecule has 4 rings (SSSR count). The number of hydrogen-bond acceptors (Lipinski definition) is 6. The predicted octanol–water partition coefficient (Wildman–Crippen LogP) is 4.65. The van der Waals surface area contributed by atoms with Crippen molar-refractivity contribution < 1.29 is 29.0 Å². The van der Waals surface area contributed by atoms with Crippen LogP contribution >= 0.6 is 0 Å². The maximum atomic E-state index is 12.0. The third-order valence-corrected chi connectivity index (χ3v) is 6.72. The number of nitrogens with zero attached hydrogens (tertiary/aromatic N) is 2. The second-order valence-corrected chi connectivity index (χ2v) is 9.65. The van der Waals surface area contributed by atoms with E-state index in [9.17, 15) is 19.5 Å². The Hall–Kier alpha value is -3.39. The molecule has 2 heterocycles. The van der Waals surface area contributed by atoms with E-state index in [1.807, 2.05) is 60.7 Å². The highest BCUT2D eigenvalue weighted by atomic mass is 16.6. The molecular weight excluding hydrogens is 472 g/mol. The van der Waals surface area contributed by atoms with Crippen LogP contribution in [0.4, 0.5) is 9.59 Å². The fourth-order valence-corrected chi connectivity index (χ4v) is 4.48. The smallest absolute Gasteiger partial charge is 0.410 e. The lowest BCUT2D eigenvalue weighted by Crippen LogP contribution is -2.43. The molecule has 0 unspecified atom stereocenters. The van der Waals surface area contributed by atoms with Crippen LogP contribution in [0, 0.1) is 11.8 Å². The molecule has 2 fully saturated rings. The zero-order valence-electron chi connectivity index (χ0n) is 21.5. The Morgan fingerprint density at radius 1 is 0.865 bits per heavy atom. The SMILES string of the molecule is C[C@@H](O)[C@@H]1CCCN(C(=O)OCc2ccccc2)C1.O=C[C@@H]1CCCN(C(=O)OCc2ccccc2)C1. The average molecular weight is 511 g/mol. The van der Waals surface area contributed by atoms with Crippen LogP contribution in [-0.2, 0) is 27.5 Å². The summed E-state index contributed by atoms with van der Waals surface area (Å²) in [7, 11) is 0. The minimum absolute atomic E-state index is 0.0389. The van der Waals surface area contributed by atoms with E-state index in [4.69, 9.17) is 9.47 Å². The van der Waals surface area contributed by atoms with E-state index in [2.05, 4.69) is 0 Å². The Bertz CT molecular complexity index is 969. The number of carbonyl (C=O) groups is 3. The quantitative estimate of drug-likeness (QED) is 0.569. The molecule has 2 aromatic carbocycles. The van der Waals surface area contributed by atoms with Crippen LogP contribution in [0.5, 0.6) is 0 Å². The number of aliphatic hydroxyl groups is 1. The number of ether oxygens (including phenoxy) is 2. The summed E-state index contributed by atoms with van der Waals surface area (Å²) in [6.45, 7) is 4.83. The number of rotatable bonds is 6. The van der Waals surface area contributed by atoms with Gasteiger partial charge in [-0.1, -0.05) is 60.7 Å². The van der Waals surface area contributed by atoms with Gasteiger partial charge in [0, 0.05) is 38.0 Å². The van der Waals surface area contributed by atoms with Crippen LogP contribution in [-0.4, -0.2) is 65.7 Å². The molecule has 37 heavy (non-hydrogen) atoms. The topological polar surface area (TPSA) is 96.4 Å². The lowest BCUT2D eigenvalue weighted by Gasteiger charge is -2.33. The molecule has 0 bridgehead atoms. The summed E-state index contributed by atoms with van der Waals surface area (Å²) < 4.78 is 10.5. The Balaban J connectivity index is 0.000000206. The van der Waals surface area contributed by atoms with Crippen molar-refractivity contribution in [2.75, 3.05) is 26.2 Å². The van der Waals surface area contributed by atoms with Gasteiger partial charge in [0.15, 0.2) is 0 Å². The third kappa shape index (κ3) is 9.53. The van der Waals surface area contributed by atoms with Gasteiger partial charge in [-0.05, 0) is 43.7 Å². The van der Waals surface area contributed by atoms with Gasteiger partial charge < -0.3 is 29.2 Å². The molecule has 8 nitrogen and oxygen atoms in total. The largest absolute Gasteiger partial charge is 0.445 e. The molecule has 3 atom stereocenters. The third-order valence-electron chi connectivity index (χ3n) is 6.72. The molecule has 8 heteroatoms. The van der Waals surface area contributed by atoms with Gasteiger partial charge in [-0.25, -0.2) is 9.59 Å². The summed E-state index contributed by atoms with van der Waals surface area (Å²) in [5.41, 5.74) is 1.95. The molecular formula is C29H38N2O6. The van der Waals surface area contributed by atoms with Crippen LogP contribution in [0.15, 0.2) is 60.7 Å². The molecule has 2 aliphatic heterocycles. The Labute approximate surface area is 219 Å². The fraction of sp³-hybridized carbons (Fsp3) is 0.483. The number of carbonyl (C=O) groups excluding carboxylic acids is 3. The van der Waals surface area contributed by atoms with E-state index in [0.717, 1.165) is 49.6 Å². The number of amides is 2. The highest BCUT2D eigenvalue weighted by Crippen LogP contribution is 2.20. The van der Waals surface area contributed by atoms with Crippen molar-refractivity contribution in [1.29, 1.82) is 0 Å². The van der Waals surface area contributed by atoms with Gasteiger partial charge >= 0.3 is 12.2 Å². The zero-order valence-corrected chi connectivity index (χ0v) is 21.5. The van der Waals surface area contributed by atoms with Crippen molar-refractivity contribution in [3.63, 3.8) is 0 Å². The molecule has 0 saturated carbocycles. The van der Waals surface area contributed by atoms with Gasteiger partial charge in [-0.3, -0.25) is 0 Å². The first-order chi connectivity index (χ1) is 18.0. The van der Waals surface area contributed by atoms with E-state index < -0.39 is 0 Å². The minimum Gasteiger partial charge on any atom is -0.445 e. The Morgan fingerprint density at radius 3 is 1.84 bits per heavy atom. The van der Waals surface area contributed by atoms with E-state index in [-0.39, 0.29) is 36.7 Å². The van der Waals surface area contributed by atoms with Gasteiger partial charge in [-0.15, -0.1) is 0 Å². The first-order valence-corrected chi connectivity index (χ1v) is 13.0. The molecule has 0 radical (unpaired) electrons. The van der Waals surface area contributed by atoms with Crippen molar-refractivity contribution in [3.05, 3.63) is 71.8 Å². The molecule has 0 aromatic heterocycles. The highest BCUT2D eigenvalue weighted by molar-refractivity contribution is 5.69. The maximum absolute atomic E-state index is 12.0. The number of piperidine rings is 2. The van der Waals surface area contributed by atoms with Crippen LogP contribution in [0.3, 0.4) is 0 Å². The van der Waals surface area contributed by atoms with Gasteiger partial charge in [0.05, 0.1) is 6.10 Å². The fourth-order valence-electron chi connectivity index (χ4n) is 4.48. The van der Waals surface area contributed by atoms with Crippen molar-refractivity contribution >= 4 is 18.5 Å². The van der Waals surface area contributed by atoms with Crippen LogP contribution in [0.25, 0.3) is 0 Å². The molecule has 2 aliphatic rings. The summed E-state index contributed by atoms with van der Waals surface area (Å²) in [5.74, 6) is 0.126. The minimum atomic E-state index is -0.371. The van der Waals surface area contributed by atoms with E-state index in [1.54, 1.807) is 16.7 Å². The Kier molecular flexibility index (Phi) is 11.4. The summed E-state index contributed by atoms with van der Waals surface area (Å²) in [5, 5.41) is 9.61. The van der Waals surface area contributed by atoms with Crippen molar-refractivity contribution in [2.45, 2.75) is 51.9 Å². The van der Waals surface area contributed by atoms with E-state index >= 15 is 0 Å². The number of hydrogen-bond donors (Lipinski definition) is 1. The summed E-state index contributed by atoms with van der Waals surface area (Å²) >= 11 is 0.